The normalized spacial score (nSPS) is 13.0. The van der Waals surface area contributed by atoms with Gasteiger partial charge in [0.15, 0.2) is 0 Å². The molecule has 0 saturated heterocycles. The van der Waals surface area contributed by atoms with Gasteiger partial charge in [-0.25, -0.2) is 0 Å². The van der Waals surface area contributed by atoms with Gasteiger partial charge in [-0.2, -0.15) is 0 Å². The highest BCUT2D eigenvalue weighted by atomic mass is 32.2. The molecule has 68 valence electrons. The number of nitrogens with one attached hydrogen (secondary N) is 2. The maximum Gasteiger partial charge on any atom is 0.0474 e. The molecule has 0 aliphatic carbocycles. The number of hydrogen-bond donors (Lipinski definition) is 2. The lowest BCUT2D eigenvalue weighted by atomic mass is 10.2. The van der Waals surface area contributed by atoms with Gasteiger partial charge in [0.2, 0.25) is 0 Å². The number of anilines is 1. The summed E-state index contributed by atoms with van der Waals surface area (Å²) in [6.45, 7) is 0. The van der Waals surface area contributed by atoms with Gasteiger partial charge in [0.25, 0.3) is 0 Å². The first-order valence-electron chi connectivity index (χ1n) is 3.69. The van der Waals surface area contributed by atoms with Crippen LogP contribution in [0.3, 0.4) is 0 Å². The van der Waals surface area contributed by atoms with Crippen molar-refractivity contribution in [3.05, 3.63) is 30.5 Å². The fourth-order valence-corrected chi connectivity index (χ4v) is 1.53. The first-order chi connectivity index (χ1) is 6.25. The van der Waals surface area contributed by atoms with E-state index in [9.17, 15) is 8.76 Å². The summed E-state index contributed by atoms with van der Waals surface area (Å²) in [5.41, 5.74) is 1.47. The fraction of sp³-hybridized carbons (Fsp3) is 0. The molecule has 2 N–H and O–H groups in total. The van der Waals surface area contributed by atoms with E-state index in [1.165, 1.54) is 0 Å². The minimum absolute atomic E-state index is 0.559. The molecule has 1 heterocycles. The molecular formula is C8H7N2O2S-. The van der Waals surface area contributed by atoms with Crippen molar-refractivity contribution in [3.8, 4) is 0 Å². The Balaban J connectivity index is 2.42. The quantitative estimate of drug-likeness (QED) is 0.711. The molecule has 2 rings (SSSR count). The Morgan fingerprint density at radius 2 is 2.23 bits per heavy atom. The number of aromatic nitrogens is 1. The van der Waals surface area contributed by atoms with E-state index < -0.39 is 11.3 Å². The van der Waals surface area contributed by atoms with Crippen LogP contribution in [-0.4, -0.2) is 13.7 Å². The summed E-state index contributed by atoms with van der Waals surface area (Å²) >= 11 is -2.26. The molecular weight excluding hydrogens is 188 g/mol. The molecule has 0 fully saturated rings. The van der Waals surface area contributed by atoms with Crippen LogP contribution >= 0.6 is 0 Å². The molecule has 13 heavy (non-hydrogen) atoms. The van der Waals surface area contributed by atoms with Crippen molar-refractivity contribution in [1.29, 1.82) is 0 Å². The zero-order valence-corrected chi connectivity index (χ0v) is 7.43. The third-order valence-electron chi connectivity index (χ3n) is 1.76. The predicted molar refractivity (Wildman–Crippen MR) is 50.8 cm³/mol. The maximum absolute atomic E-state index is 10.3. The fourth-order valence-electron chi connectivity index (χ4n) is 1.21. The van der Waals surface area contributed by atoms with Gasteiger partial charge in [0, 0.05) is 28.7 Å². The van der Waals surface area contributed by atoms with E-state index in [0.29, 0.717) is 5.69 Å². The number of rotatable bonds is 2. The number of benzene rings is 1. The third-order valence-corrected chi connectivity index (χ3v) is 2.16. The number of H-pyrrole nitrogens is 1. The van der Waals surface area contributed by atoms with Crippen LogP contribution < -0.4 is 4.72 Å². The lowest BCUT2D eigenvalue weighted by Crippen LogP contribution is -2.01. The molecule has 0 spiro atoms. The second kappa shape index (κ2) is 3.20. The molecule has 2 aromatic rings. The zero-order valence-electron chi connectivity index (χ0n) is 6.61. The number of aromatic amines is 1. The molecule has 0 aliphatic heterocycles. The van der Waals surface area contributed by atoms with Gasteiger partial charge in [0.1, 0.15) is 0 Å². The lowest BCUT2D eigenvalue weighted by molar-refractivity contribution is 0.542. The summed E-state index contributed by atoms with van der Waals surface area (Å²) in [6, 6.07) is 7.23. The van der Waals surface area contributed by atoms with E-state index >= 15 is 0 Å². The van der Waals surface area contributed by atoms with Crippen LogP contribution in [0.5, 0.6) is 0 Å². The van der Waals surface area contributed by atoms with Gasteiger partial charge in [-0.1, -0.05) is 6.07 Å². The molecule has 1 aromatic heterocycles. The molecule has 5 heteroatoms. The SMILES string of the molecule is O=S([O-])Nc1ccc2cc[nH]c2c1. The highest BCUT2D eigenvalue weighted by Gasteiger charge is 1.95. The van der Waals surface area contributed by atoms with E-state index in [4.69, 9.17) is 0 Å². The van der Waals surface area contributed by atoms with Crippen LogP contribution in [-0.2, 0) is 11.3 Å². The first-order valence-corrected chi connectivity index (χ1v) is 4.76. The van der Waals surface area contributed by atoms with Crippen LogP contribution in [0.1, 0.15) is 0 Å². The average Bonchev–Trinajstić information content (AvgIpc) is 2.49. The van der Waals surface area contributed by atoms with Gasteiger partial charge < -0.3 is 14.3 Å². The molecule has 0 saturated carbocycles. The molecule has 1 aromatic carbocycles. The van der Waals surface area contributed by atoms with E-state index in [1.807, 2.05) is 18.3 Å². The minimum atomic E-state index is -2.26. The van der Waals surface area contributed by atoms with Crippen molar-refractivity contribution in [1.82, 2.24) is 4.98 Å². The molecule has 0 amide bonds. The van der Waals surface area contributed by atoms with Crippen molar-refractivity contribution < 1.29 is 8.76 Å². The average molecular weight is 195 g/mol. The second-order valence-corrected chi connectivity index (χ2v) is 3.29. The minimum Gasteiger partial charge on any atom is -0.755 e. The van der Waals surface area contributed by atoms with Gasteiger partial charge in [0.05, 0.1) is 0 Å². The Morgan fingerprint density at radius 3 is 3.00 bits per heavy atom. The Morgan fingerprint density at radius 1 is 1.38 bits per heavy atom. The summed E-state index contributed by atoms with van der Waals surface area (Å²) in [5.74, 6) is 0. The van der Waals surface area contributed by atoms with Crippen molar-refractivity contribution >= 4 is 27.9 Å². The van der Waals surface area contributed by atoms with Crippen molar-refractivity contribution in [2.45, 2.75) is 0 Å². The summed E-state index contributed by atoms with van der Waals surface area (Å²) in [7, 11) is 0. The standard InChI is InChI=1S/C8H8N2O2S/c11-13(12)10-7-2-1-6-3-4-9-8(6)5-7/h1-5,9-10H,(H,11,12)/p-1. The van der Waals surface area contributed by atoms with Gasteiger partial charge in [-0.3, -0.25) is 4.21 Å². The van der Waals surface area contributed by atoms with Gasteiger partial charge in [-0.15, -0.1) is 0 Å². The van der Waals surface area contributed by atoms with Crippen molar-refractivity contribution in [3.63, 3.8) is 0 Å². The summed E-state index contributed by atoms with van der Waals surface area (Å²) in [4.78, 5) is 2.99. The molecule has 0 radical (unpaired) electrons. The van der Waals surface area contributed by atoms with E-state index in [-0.39, 0.29) is 0 Å². The van der Waals surface area contributed by atoms with Crippen LogP contribution in [0.4, 0.5) is 5.69 Å². The van der Waals surface area contributed by atoms with Gasteiger partial charge in [-0.05, 0) is 23.6 Å². The van der Waals surface area contributed by atoms with Crippen LogP contribution in [0.15, 0.2) is 30.5 Å². The zero-order chi connectivity index (χ0) is 9.26. The lowest BCUT2D eigenvalue weighted by Gasteiger charge is -2.07. The molecule has 4 nitrogen and oxygen atoms in total. The van der Waals surface area contributed by atoms with Crippen LogP contribution in [0.2, 0.25) is 0 Å². The number of hydrogen-bond acceptors (Lipinski definition) is 2. The third kappa shape index (κ3) is 1.71. The molecule has 0 bridgehead atoms. The van der Waals surface area contributed by atoms with E-state index in [1.54, 1.807) is 12.1 Å². The molecule has 0 aliphatic rings. The Bertz CT molecular complexity index is 452. The van der Waals surface area contributed by atoms with Crippen LogP contribution in [0.25, 0.3) is 10.9 Å². The Labute approximate surface area is 77.4 Å². The smallest absolute Gasteiger partial charge is 0.0474 e. The van der Waals surface area contributed by atoms with E-state index in [0.717, 1.165) is 10.9 Å². The molecule has 1 unspecified atom stereocenters. The first kappa shape index (κ1) is 8.28. The van der Waals surface area contributed by atoms with Crippen molar-refractivity contribution in [2.75, 3.05) is 4.72 Å². The highest BCUT2D eigenvalue weighted by Crippen LogP contribution is 2.17. The molecule has 1 atom stereocenters. The summed E-state index contributed by atoms with van der Waals surface area (Å²) < 4.78 is 22.9. The van der Waals surface area contributed by atoms with Crippen LogP contribution in [0, 0.1) is 0 Å². The van der Waals surface area contributed by atoms with Crippen molar-refractivity contribution in [2.24, 2.45) is 0 Å². The highest BCUT2D eigenvalue weighted by molar-refractivity contribution is 7.80. The number of fused-ring (bicyclic) bond motifs is 1. The second-order valence-electron chi connectivity index (χ2n) is 2.62. The van der Waals surface area contributed by atoms with Gasteiger partial charge >= 0.3 is 0 Å². The Kier molecular flexibility index (Phi) is 2.03. The predicted octanol–water partition coefficient (Wildman–Crippen LogP) is 1.37. The summed E-state index contributed by atoms with van der Waals surface area (Å²) in [5, 5.41) is 1.06. The summed E-state index contributed by atoms with van der Waals surface area (Å²) in [6.07, 6.45) is 1.81. The Hall–Kier alpha value is -1.33. The van der Waals surface area contributed by atoms with E-state index in [2.05, 4.69) is 9.71 Å². The largest absolute Gasteiger partial charge is 0.755 e. The maximum atomic E-state index is 10.3. The topological polar surface area (TPSA) is 67.9 Å². The monoisotopic (exact) mass is 195 g/mol.